The molecule has 32 heavy (non-hydrogen) atoms. The van der Waals surface area contributed by atoms with Crippen LogP contribution >= 0.6 is 0 Å². The fraction of sp³-hybridized carbons (Fsp3) is 0.522. The number of hydrogen-bond acceptors (Lipinski definition) is 8. The molecule has 0 atom stereocenters. The number of hydrazone groups is 2. The van der Waals surface area contributed by atoms with Gasteiger partial charge in [-0.15, -0.1) is 0 Å². The number of hydrogen-bond donors (Lipinski definition) is 5. The smallest absolute Gasteiger partial charge is 0.145 e. The van der Waals surface area contributed by atoms with E-state index in [0.29, 0.717) is 22.9 Å². The van der Waals surface area contributed by atoms with Gasteiger partial charge in [0.05, 0.1) is 29.9 Å². The van der Waals surface area contributed by atoms with Crippen LogP contribution in [0.4, 0.5) is 5.69 Å². The van der Waals surface area contributed by atoms with Crippen molar-refractivity contribution in [2.45, 2.75) is 77.9 Å². The Balaban J connectivity index is 2.20. The number of pyridine rings is 1. The fourth-order valence-corrected chi connectivity index (χ4v) is 4.03. The number of nitrogens with zero attached hydrogens (tertiary/aromatic N) is 4. The minimum absolute atomic E-state index is 0.00289. The Hall–Kier alpha value is -3.07. The molecule has 0 aromatic carbocycles. The molecule has 1 aromatic heterocycles. The third-order valence-electron chi connectivity index (χ3n) is 4.89. The van der Waals surface area contributed by atoms with Crippen LogP contribution < -0.4 is 16.2 Å². The van der Waals surface area contributed by atoms with E-state index in [4.69, 9.17) is 10.4 Å². The molecule has 1 fully saturated rings. The van der Waals surface area contributed by atoms with Gasteiger partial charge < -0.3 is 15.8 Å². The van der Waals surface area contributed by atoms with Gasteiger partial charge in [0.2, 0.25) is 0 Å². The molecule has 0 saturated carbocycles. The van der Waals surface area contributed by atoms with Crippen LogP contribution in [0.15, 0.2) is 39.6 Å². The lowest BCUT2D eigenvalue weighted by Crippen LogP contribution is -2.59. The summed E-state index contributed by atoms with van der Waals surface area (Å²) in [5, 5.41) is 29.2. The van der Waals surface area contributed by atoms with Crippen molar-refractivity contribution in [3.05, 3.63) is 30.1 Å². The lowest BCUT2D eigenvalue weighted by Gasteiger charge is -2.45. The largest absolute Gasteiger partial charge is 0.506 e. The summed E-state index contributed by atoms with van der Waals surface area (Å²) < 4.78 is 0. The SMILES string of the molecule is CC/C=C/C(=NC1CC(C)(C)NC(C)(C)C1)N/N=C(\C)c1ncc(N/N=C\C=N)cc1O. The first-order valence-corrected chi connectivity index (χ1v) is 10.9. The number of aliphatic imine (C=N–C) groups is 1. The molecule has 2 heterocycles. The van der Waals surface area contributed by atoms with Crippen LogP contribution in [-0.4, -0.2) is 51.2 Å². The zero-order valence-corrected chi connectivity index (χ0v) is 19.9. The second kappa shape index (κ2) is 11.0. The highest BCUT2D eigenvalue weighted by molar-refractivity contribution is 6.14. The van der Waals surface area contributed by atoms with Crippen LogP contribution in [0.3, 0.4) is 0 Å². The Bertz CT molecular complexity index is 899. The number of anilines is 1. The molecule has 0 radical (unpaired) electrons. The quantitative estimate of drug-likeness (QED) is 0.238. The summed E-state index contributed by atoms with van der Waals surface area (Å²) in [5.74, 6) is 0.663. The van der Waals surface area contributed by atoms with Gasteiger partial charge in [0.1, 0.15) is 17.3 Å². The first-order valence-electron chi connectivity index (χ1n) is 10.9. The number of allylic oxidation sites excluding steroid dienone is 1. The number of aromatic hydroxyl groups is 1. The molecule has 0 amide bonds. The lowest BCUT2D eigenvalue weighted by molar-refractivity contribution is 0.164. The molecule has 1 aliphatic rings. The second-order valence-electron chi connectivity index (χ2n) is 9.24. The van der Waals surface area contributed by atoms with Gasteiger partial charge >= 0.3 is 0 Å². The number of piperidine rings is 1. The first kappa shape index (κ1) is 25.2. The number of amidine groups is 1. The fourth-order valence-electron chi connectivity index (χ4n) is 4.03. The van der Waals surface area contributed by atoms with Crippen molar-refractivity contribution in [3.8, 4) is 5.75 Å². The second-order valence-corrected chi connectivity index (χ2v) is 9.24. The third kappa shape index (κ3) is 7.88. The van der Waals surface area contributed by atoms with E-state index < -0.39 is 0 Å². The lowest BCUT2D eigenvalue weighted by atomic mass is 9.80. The molecule has 0 unspecified atom stereocenters. The average molecular weight is 441 g/mol. The van der Waals surface area contributed by atoms with Crippen molar-refractivity contribution in [1.29, 1.82) is 5.41 Å². The number of nitrogens with one attached hydrogen (secondary N) is 4. The van der Waals surface area contributed by atoms with E-state index >= 15 is 0 Å². The molecular formula is C23H36N8O. The van der Waals surface area contributed by atoms with E-state index in [2.05, 4.69) is 66.0 Å². The Labute approximate surface area is 190 Å². The molecule has 174 valence electrons. The zero-order chi connectivity index (χ0) is 23.8. The Morgan fingerprint density at radius 2 is 2.00 bits per heavy atom. The standard InChI is InChI=1S/C23H36N8O/c1-7-8-9-20(27-18-13-22(3,4)31-23(5,6)14-18)30-28-16(2)21-19(32)12-17(15-25-21)29-26-11-10-24/h8-12,15,18,24,29,31-32H,7,13-14H2,1-6H3,(H,27,30)/b9-8+,24-10?,26-11-,28-16+. The average Bonchev–Trinajstić information content (AvgIpc) is 2.67. The third-order valence-corrected chi connectivity index (χ3v) is 4.89. The van der Waals surface area contributed by atoms with E-state index in [1.165, 1.54) is 12.3 Å². The predicted octanol–water partition coefficient (Wildman–Crippen LogP) is 3.82. The highest BCUT2D eigenvalue weighted by atomic mass is 16.3. The summed E-state index contributed by atoms with van der Waals surface area (Å²) in [6.45, 7) is 12.7. The van der Waals surface area contributed by atoms with Crippen LogP contribution in [0.1, 0.15) is 66.5 Å². The molecular weight excluding hydrogens is 404 g/mol. The van der Waals surface area contributed by atoms with Crippen molar-refractivity contribution < 1.29 is 5.11 Å². The van der Waals surface area contributed by atoms with Gasteiger partial charge in [0, 0.05) is 23.4 Å². The van der Waals surface area contributed by atoms with E-state index in [1.807, 2.05) is 12.2 Å². The molecule has 2 rings (SSSR count). The van der Waals surface area contributed by atoms with Crippen LogP contribution in [0.25, 0.3) is 0 Å². The van der Waals surface area contributed by atoms with Gasteiger partial charge in [-0.25, -0.2) is 4.98 Å². The Morgan fingerprint density at radius 3 is 2.59 bits per heavy atom. The van der Waals surface area contributed by atoms with Crippen molar-refractivity contribution >= 4 is 29.7 Å². The molecule has 1 saturated heterocycles. The van der Waals surface area contributed by atoms with Gasteiger partial charge in [-0.3, -0.25) is 15.8 Å². The van der Waals surface area contributed by atoms with Crippen molar-refractivity contribution in [2.75, 3.05) is 5.43 Å². The van der Waals surface area contributed by atoms with Gasteiger partial charge in [-0.05, 0) is 60.0 Å². The molecule has 5 N–H and O–H groups in total. The minimum atomic E-state index is -0.0208. The summed E-state index contributed by atoms with van der Waals surface area (Å²) in [5.41, 5.74) is 7.15. The molecule has 0 spiro atoms. The summed E-state index contributed by atoms with van der Waals surface area (Å²) in [4.78, 5) is 9.22. The van der Waals surface area contributed by atoms with Crippen LogP contribution in [0.5, 0.6) is 5.75 Å². The summed E-state index contributed by atoms with van der Waals surface area (Å²) in [6.07, 6.45) is 10.6. The molecule has 9 nitrogen and oxygen atoms in total. The zero-order valence-electron chi connectivity index (χ0n) is 19.9. The van der Waals surface area contributed by atoms with E-state index in [1.54, 1.807) is 13.1 Å². The van der Waals surface area contributed by atoms with Gasteiger partial charge in [0.15, 0.2) is 0 Å². The van der Waals surface area contributed by atoms with Crippen LogP contribution in [0, 0.1) is 5.41 Å². The predicted molar refractivity (Wildman–Crippen MR) is 133 cm³/mol. The maximum absolute atomic E-state index is 10.3. The maximum atomic E-state index is 10.3. The van der Waals surface area contributed by atoms with E-state index in [-0.39, 0.29) is 22.9 Å². The normalized spacial score (nSPS) is 19.4. The topological polar surface area (TPSA) is 130 Å². The van der Waals surface area contributed by atoms with Gasteiger partial charge in [0.25, 0.3) is 0 Å². The highest BCUT2D eigenvalue weighted by Gasteiger charge is 2.37. The van der Waals surface area contributed by atoms with Crippen molar-refractivity contribution in [1.82, 2.24) is 15.7 Å². The highest BCUT2D eigenvalue weighted by Crippen LogP contribution is 2.30. The molecule has 1 aromatic rings. The summed E-state index contributed by atoms with van der Waals surface area (Å²) >= 11 is 0. The minimum Gasteiger partial charge on any atom is -0.506 e. The van der Waals surface area contributed by atoms with E-state index in [9.17, 15) is 5.11 Å². The summed E-state index contributed by atoms with van der Waals surface area (Å²) in [6, 6.07) is 1.67. The molecule has 0 bridgehead atoms. The van der Waals surface area contributed by atoms with E-state index in [0.717, 1.165) is 25.5 Å². The van der Waals surface area contributed by atoms with Gasteiger partial charge in [-0.2, -0.15) is 10.2 Å². The summed E-state index contributed by atoms with van der Waals surface area (Å²) in [7, 11) is 0. The number of rotatable bonds is 8. The van der Waals surface area contributed by atoms with Gasteiger partial charge in [-0.1, -0.05) is 13.0 Å². The molecule has 0 aliphatic carbocycles. The molecule has 1 aliphatic heterocycles. The monoisotopic (exact) mass is 440 g/mol. The Morgan fingerprint density at radius 1 is 1.31 bits per heavy atom. The first-order chi connectivity index (χ1) is 15.0. The molecule has 9 heteroatoms. The number of aromatic nitrogens is 1. The van der Waals surface area contributed by atoms with Crippen molar-refractivity contribution in [3.63, 3.8) is 0 Å². The van der Waals surface area contributed by atoms with Crippen molar-refractivity contribution in [2.24, 2.45) is 15.2 Å². The Kier molecular flexibility index (Phi) is 8.65. The van der Waals surface area contributed by atoms with Crippen LogP contribution in [0.2, 0.25) is 0 Å². The maximum Gasteiger partial charge on any atom is 0.145 e. The van der Waals surface area contributed by atoms with Crippen LogP contribution in [-0.2, 0) is 0 Å².